The summed E-state index contributed by atoms with van der Waals surface area (Å²) in [6, 6.07) is 4.99. The van der Waals surface area contributed by atoms with Gasteiger partial charge in [0.15, 0.2) is 0 Å². The first-order chi connectivity index (χ1) is 14.5. The Kier molecular flexibility index (Phi) is 6.82. The van der Waals surface area contributed by atoms with Crippen molar-refractivity contribution in [2.75, 3.05) is 11.8 Å². The molecule has 1 aliphatic rings. The number of nitrogens with zero attached hydrogens (tertiary/aromatic N) is 1. The van der Waals surface area contributed by atoms with Gasteiger partial charge in [0.05, 0.1) is 17.8 Å². The zero-order valence-electron chi connectivity index (χ0n) is 16.2. The van der Waals surface area contributed by atoms with Crippen molar-refractivity contribution in [3.63, 3.8) is 0 Å². The van der Waals surface area contributed by atoms with E-state index in [1.807, 2.05) is 0 Å². The minimum absolute atomic E-state index is 0.0378. The summed E-state index contributed by atoms with van der Waals surface area (Å²) in [6.45, 7) is 1.60. The summed E-state index contributed by atoms with van der Waals surface area (Å²) < 4.78 is 61.8. The number of carbonyl (C=O) groups excluding carboxylic acids is 1. The lowest BCUT2D eigenvalue weighted by atomic mass is 10.0. The lowest BCUT2D eigenvalue weighted by Gasteiger charge is -2.24. The fourth-order valence-electron chi connectivity index (χ4n) is 3.09. The van der Waals surface area contributed by atoms with Gasteiger partial charge in [0.2, 0.25) is 15.8 Å². The molecule has 164 valence electrons. The molecule has 2 atom stereocenters. The SMILES string of the molecule is COc1cccc(F)c1C(=O)c1ncc(Cl)cc1NS(=O)(=O)C1C=C(F)C(Br)=CC1C. The van der Waals surface area contributed by atoms with E-state index < -0.39 is 44.2 Å². The van der Waals surface area contributed by atoms with Crippen LogP contribution in [0.1, 0.15) is 23.0 Å². The molecule has 0 aliphatic heterocycles. The summed E-state index contributed by atoms with van der Waals surface area (Å²) in [4.78, 5) is 17.0. The van der Waals surface area contributed by atoms with Gasteiger partial charge in [-0.05, 0) is 46.1 Å². The van der Waals surface area contributed by atoms with Crippen molar-refractivity contribution in [2.24, 2.45) is 5.92 Å². The highest BCUT2D eigenvalue weighted by atomic mass is 79.9. The van der Waals surface area contributed by atoms with Gasteiger partial charge in [-0.15, -0.1) is 0 Å². The number of ether oxygens (including phenoxy) is 1. The second kappa shape index (κ2) is 9.05. The van der Waals surface area contributed by atoms with Crippen LogP contribution >= 0.6 is 27.5 Å². The first-order valence-corrected chi connectivity index (χ1v) is 11.6. The van der Waals surface area contributed by atoms with Gasteiger partial charge in [-0.25, -0.2) is 22.2 Å². The van der Waals surface area contributed by atoms with Crippen molar-refractivity contribution in [1.82, 2.24) is 4.98 Å². The van der Waals surface area contributed by atoms with Crippen molar-refractivity contribution in [3.8, 4) is 5.75 Å². The molecule has 0 saturated heterocycles. The smallest absolute Gasteiger partial charge is 0.239 e. The molecule has 11 heteroatoms. The van der Waals surface area contributed by atoms with Crippen LogP contribution in [0.4, 0.5) is 14.5 Å². The predicted octanol–water partition coefficient (Wildman–Crippen LogP) is 5.01. The van der Waals surface area contributed by atoms with Gasteiger partial charge in [0, 0.05) is 10.7 Å². The highest BCUT2D eigenvalue weighted by molar-refractivity contribution is 9.11. The molecule has 0 spiro atoms. The lowest BCUT2D eigenvalue weighted by Crippen LogP contribution is -2.33. The summed E-state index contributed by atoms with van der Waals surface area (Å²) in [5, 5.41) is -1.23. The van der Waals surface area contributed by atoms with Crippen LogP contribution in [-0.4, -0.2) is 31.5 Å². The Morgan fingerprint density at radius 1 is 1.29 bits per heavy atom. The number of halogens is 4. The van der Waals surface area contributed by atoms with Gasteiger partial charge >= 0.3 is 0 Å². The Bertz CT molecular complexity index is 1220. The second-order valence-corrected chi connectivity index (χ2v) is 9.83. The maximum atomic E-state index is 14.4. The molecule has 6 nitrogen and oxygen atoms in total. The second-order valence-electron chi connectivity index (χ2n) is 6.70. The monoisotopic (exact) mass is 532 g/mol. The molecular formula is C20H16BrClF2N2O4S. The van der Waals surface area contributed by atoms with Crippen molar-refractivity contribution >= 4 is 49.0 Å². The third kappa shape index (κ3) is 4.81. The Balaban J connectivity index is 2.05. The Labute approximate surface area is 191 Å². The number of benzene rings is 1. The first kappa shape index (κ1) is 23.4. The number of sulfonamides is 1. The summed E-state index contributed by atoms with van der Waals surface area (Å²) >= 11 is 8.97. The van der Waals surface area contributed by atoms with Gasteiger partial charge in [-0.2, -0.15) is 0 Å². The van der Waals surface area contributed by atoms with Crippen molar-refractivity contribution in [2.45, 2.75) is 12.2 Å². The maximum Gasteiger partial charge on any atom is 0.239 e. The minimum Gasteiger partial charge on any atom is -0.496 e. The van der Waals surface area contributed by atoms with Crippen LogP contribution in [0, 0.1) is 11.7 Å². The summed E-state index contributed by atoms with van der Waals surface area (Å²) in [5.74, 6) is -3.13. The Hall–Kier alpha value is -2.30. The van der Waals surface area contributed by atoms with Crippen LogP contribution in [0.15, 0.2) is 52.9 Å². The van der Waals surface area contributed by atoms with Crippen LogP contribution in [0.5, 0.6) is 5.75 Å². The number of hydrogen-bond acceptors (Lipinski definition) is 5. The normalized spacial score (nSPS) is 18.8. The standard InChI is InChI=1S/C20H16BrClF2N2O4S/c1-10-6-12(21)14(24)8-17(10)31(28,29)26-15-7-11(22)9-25-19(15)20(27)18-13(23)4-3-5-16(18)30-2/h3-10,17,26H,1-2H3. The number of anilines is 1. The van der Waals surface area contributed by atoms with Crippen molar-refractivity contribution in [1.29, 1.82) is 0 Å². The fourth-order valence-corrected chi connectivity index (χ4v) is 5.33. The van der Waals surface area contributed by atoms with E-state index in [2.05, 4.69) is 25.6 Å². The molecule has 0 fully saturated rings. The molecule has 0 bridgehead atoms. The Morgan fingerprint density at radius 2 is 2.00 bits per heavy atom. The highest BCUT2D eigenvalue weighted by Gasteiger charge is 2.34. The molecule has 1 N–H and O–H groups in total. The van der Waals surface area contributed by atoms with E-state index in [9.17, 15) is 22.0 Å². The molecule has 0 saturated carbocycles. The number of allylic oxidation sites excluding steroid dienone is 3. The van der Waals surface area contributed by atoms with Crippen LogP contribution < -0.4 is 9.46 Å². The number of carbonyl (C=O) groups is 1. The van der Waals surface area contributed by atoms with Gasteiger partial charge in [-0.1, -0.05) is 30.7 Å². The molecule has 31 heavy (non-hydrogen) atoms. The van der Waals surface area contributed by atoms with Crippen LogP contribution in [0.2, 0.25) is 5.02 Å². The minimum atomic E-state index is -4.23. The molecule has 3 rings (SSSR count). The van der Waals surface area contributed by atoms with Gasteiger partial charge in [0.25, 0.3) is 0 Å². The number of aromatic nitrogens is 1. The molecule has 0 amide bonds. The average Bonchev–Trinajstić information content (AvgIpc) is 2.69. The molecule has 1 aliphatic carbocycles. The van der Waals surface area contributed by atoms with E-state index in [0.717, 1.165) is 18.3 Å². The van der Waals surface area contributed by atoms with Crippen molar-refractivity contribution in [3.05, 3.63) is 75.0 Å². The first-order valence-electron chi connectivity index (χ1n) is 8.84. The summed E-state index contributed by atoms with van der Waals surface area (Å²) in [5.41, 5.74) is -1.07. The van der Waals surface area contributed by atoms with Gasteiger partial charge in [-0.3, -0.25) is 9.52 Å². The number of hydrogen-bond donors (Lipinski definition) is 1. The van der Waals surface area contributed by atoms with Gasteiger partial charge < -0.3 is 4.74 Å². The third-order valence-electron chi connectivity index (χ3n) is 4.57. The number of nitrogens with one attached hydrogen (secondary N) is 1. The Morgan fingerprint density at radius 3 is 2.68 bits per heavy atom. The zero-order valence-corrected chi connectivity index (χ0v) is 19.4. The third-order valence-corrected chi connectivity index (χ3v) is 7.20. The molecule has 1 aromatic heterocycles. The van der Waals surface area contributed by atoms with Gasteiger partial charge in [0.1, 0.15) is 33.9 Å². The van der Waals surface area contributed by atoms with E-state index in [-0.39, 0.29) is 26.6 Å². The number of pyridine rings is 1. The fraction of sp³-hybridized carbons (Fsp3) is 0.200. The van der Waals surface area contributed by atoms with E-state index >= 15 is 0 Å². The van der Waals surface area contributed by atoms with Crippen LogP contribution in [0.3, 0.4) is 0 Å². The molecular weight excluding hydrogens is 518 g/mol. The topological polar surface area (TPSA) is 85.4 Å². The van der Waals surface area contributed by atoms with E-state index in [1.54, 1.807) is 6.92 Å². The number of ketones is 1. The molecule has 0 radical (unpaired) electrons. The molecule has 2 aromatic rings. The lowest BCUT2D eigenvalue weighted by molar-refractivity contribution is 0.102. The van der Waals surface area contributed by atoms with E-state index in [1.165, 1.54) is 31.4 Å². The zero-order chi connectivity index (χ0) is 22.9. The maximum absolute atomic E-state index is 14.4. The molecule has 1 aromatic carbocycles. The average molecular weight is 534 g/mol. The largest absolute Gasteiger partial charge is 0.496 e. The number of methoxy groups -OCH3 is 1. The highest BCUT2D eigenvalue weighted by Crippen LogP contribution is 2.33. The van der Waals surface area contributed by atoms with E-state index in [4.69, 9.17) is 16.3 Å². The van der Waals surface area contributed by atoms with Crippen molar-refractivity contribution < 1.29 is 26.7 Å². The van der Waals surface area contributed by atoms with E-state index in [0.29, 0.717) is 0 Å². The van der Waals surface area contributed by atoms with Crippen LogP contribution in [0.25, 0.3) is 0 Å². The predicted molar refractivity (Wildman–Crippen MR) is 117 cm³/mol. The molecule has 1 heterocycles. The van der Waals surface area contributed by atoms with Crippen LogP contribution in [-0.2, 0) is 10.0 Å². The number of rotatable bonds is 6. The molecule has 2 unspecified atom stereocenters. The summed E-state index contributed by atoms with van der Waals surface area (Å²) in [6.07, 6.45) is 3.50. The summed E-state index contributed by atoms with van der Waals surface area (Å²) in [7, 11) is -2.97. The quantitative estimate of drug-likeness (QED) is 0.528.